The number of hydrogen-bond acceptors (Lipinski definition) is 4. The molecule has 0 radical (unpaired) electrons. The first-order chi connectivity index (χ1) is 11.2. The highest BCUT2D eigenvalue weighted by molar-refractivity contribution is 7.12. The van der Waals surface area contributed by atoms with Crippen LogP contribution in [0.25, 0.3) is 0 Å². The summed E-state index contributed by atoms with van der Waals surface area (Å²) < 4.78 is 0. The van der Waals surface area contributed by atoms with Gasteiger partial charge in [0.25, 0.3) is 5.91 Å². The summed E-state index contributed by atoms with van der Waals surface area (Å²) in [4.78, 5) is 24.4. The Kier molecular flexibility index (Phi) is 7.55. The van der Waals surface area contributed by atoms with Crippen LogP contribution >= 0.6 is 11.3 Å². The van der Waals surface area contributed by atoms with Crippen LogP contribution in [0, 0.1) is 11.8 Å². The molecule has 0 saturated carbocycles. The van der Waals surface area contributed by atoms with E-state index in [0.717, 1.165) is 24.4 Å². The largest absolute Gasteiger partial charge is 0.356 e. The van der Waals surface area contributed by atoms with Gasteiger partial charge in [0.15, 0.2) is 0 Å². The molecule has 1 aromatic rings. The van der Waals surface area contributed by atoms with Crippen LogP contribution in [0.3, 0.4) is 0 Å². The van der Waals surface area contributed by atoms with Crippen LogP contribution in [0.15, 0.2) is 17.5 Å². The van der Waals surface area contributed by atoms with E-state index in [-0.39, 0.29) is 11.8 Å². The number of amides is 2. The Bertz CT molecular complexity index is 484. The first kappa shape index (κ1) is 17.9. The highest BCUT2D eigenvalue weighted by Crippen LogP contribution is 2.24. The zero-order chi connectivity index (χ0) is 16.5. The van der Waals surface area contributed by atoms with Gasteiger partial charge in [-0.15, -0.1) is 11.3 Å². The van der Waals surface area contributed by atoms with Crippen molar-refractivity contribution in [3.8, 4) is 0 Å². The van der Waals surface area contributed by atoms with Crippen molar-refractivity contribution in [3.05, 3.63) is 22.4 Å². The summed E-state index contributed by atoms with van der Waals surface area (Å²) in [6.45, 7) is 5.52. The van der Waals surface area contributed by atoms with E-state index in [1.165, 1.54) is 24.2 Å². The molecule has 1 saturated heterocycles. The standard InChI is InChI=1S/C17H27N3O2S/c1-13(14-5-9-18-10-6-14)12-16(21)19-7-3-8-20-17(22)15-4-2-11-23-15/h2,4,11,13-14,18H,3,5-10,12H2,1H3,(H,19,21)(H,20,22). The monoisotopic (exact) mass is 337 g/mol. The molecule has 1 atom stereocenters. The van der Waals surface area contributed by atoms with Crippen molar-refractivity contribution >= 4 is 23.2 Å². The number of hydrogen-bond donors (Lipinski definition) is 3. The Morgan fingerprint density at radius 3 is 2.74 bits per heavy atom. The summed E-state index contributed by atoms with van der Waals surface area (Å²) >= 11 is 1.43. The second-order valence-corrected chi connectivity index (χ2v) is 7.15. The number of carbonyl (C=O) groups is 2. The van der Waals surface area contributed by atoms with Gasteiger partial charge in [0.05, 0.1) is 4.88 Å². The lowest BCUT2D eigenvalue weighted by atomic mass is 9.84. The van der Waals surface area contributed by atoms with Gasteiger partial charge in [-0.05, 0) is 55.6 Å². The smallest absolute Gasteiger partial charge is 0.261 e. The van der Waals surface area contributed by atoms with Crippen molar-refractivity contribution in [3.63, 3.8) is 0 Å². The third kappa shape index (κ3) is 6.31. The lowest BCUT2D eigenvalue weighted by Gasteiger charge is -2.27. The number of thiophene rings is 1. The zero-order valence-corrected chi connectivity index (χ0v) is 14.6. The Hall–Kier alpha value is -1.40. The molecule has 23 heavy (non-hydrogen) atoms. The molecule has 1 aliphatic heterocycles. The van der Waals surface area contributed by atoms with Gasteiger partial charge >= 0.3 is 0 Å². The molecule has 5 nitrogen and oxygen atoms in total. The average Bonchev–Trinajstić information content (AvgIpc) is 3.09. The number of rotatable bonds is 8. The van der Waals surface area contributed by atoms with Gasteiger partial charge in [-0.1, -0.05) is 13.0 Å². The van der Waals surface area contributed by atoms with Gasteiger partial charge in [0, 0.05) is 19.5 Å². The van der Waals surface area contributed by atoms with Gasteiger partial charge < -0.3 is 16.0 Å². The van der Waals surface area contributed by atoms with Gasteiger partial charge in [0.1, 0.15) is 0 Å². The lowest BCUT2D eigenvalue weighted by molar-refractivity contribution is -0.122. The maximum absolute atomic E-state index is 12.0. The van der Waals surface area contributed by atoms with Crippen LogP contribution in [-0.4, -0.2) is 38.0 Å². The summed E-state index contributed by atoms with van der Waals surface area (Å²) in [7, 11) is 0. The van der Waals surface area contributed by atoms with E-state index in [1.54, 1.807) is 0 Å². The summed E-state index contributed by atoms with van der Waals surface area (Å²) in [6.07, 6.45) is 3.70. The van der Waals surface area contributed by atoms with Crippen LogP contribution in [0.2, 0.25) is 0 Å². The van der Waals surface area contributed by atoms with Crippen molar-refractivity contribution in [1.29, 1.82) is 0 Å². The van der Waals surface area contributed by atoms with E-state index in [9.17, 15) is 9.59 Å². The van der Waals surface area contributed by atoms with Crippen LogP contribution in [0.1, 0.15) is 42.3 Å². The molecule has 0 spiro atoms. The minimum Gasteiger partial charge on any atom is -0.356 e. The maximum Gasteiger partial charge on any atom is 0.261 e. The fourth-order valence-electron chi connectivity index (χ4n) is 2.96. The molecular formula is C17H27N3O2S. The average molecular weight is 337 g/mol. The highest BCUT2D eigenvalue weighted by atomic mass is 32.1. The van der Waals surface area contributed by atoms with Gasteiger partial charge in [-0.25, -0.2) is 0 Å². The quantitative estimate of drug-likeness (QED) is 0.636. The Morgan fingerprint density at radius 2 is 2.04 bits per heavy atom. The third-order valence-corrected chi connectivity index (χ3v) is 5.27. The highest BCUT2D eigenvalue weighted by Gasteiger charge is 2.21. The van der Waals surface area contributed by atoms with Crippen LogP contribution < -0.4 is 16.0 Å². The van der Waals surface area contributed by atoms with E-state index >= 15 is 0 Å². The molecular weight excluding hydrogens is 310 g/mol. The Labute approximate surface area is 142 Å². The molecule has 128 valence electrons. The molecule has 1 aromatic heterocycles. The molecule has 2 rings (SSSR count). The molecule has 2 heterocycles. The fraction of sp³-hybridized carbons (Fsp3) is 0.647. The van der Waals surface area contributed by atoms with E-state index < -0.39 is 0 Å². The summed E-state index contributed by atoms with van der Waals surface area (Å²) in [5.74, 6) is 1.19. The predicted molar refractivity (Wildman–Crippen MR) is 93.7 cm³/mol. The first-order valence-corrected chi connectivity index (χ1v) is 9.34. The minimum atomic E-state index is -0.0362. The van der Waals surface area contributed by atoms with Crippen molar-refractivity contribution < 1.29 is 9.59 Å². The zero-order valence-electron chi connectivity index (χ0n) is 13.8. The molecule has 2 amide bonds. The summed E-state index contributed by atoms with van der Waals surface area (Å²) in [5, 5.41) is 11.1. The second kappa shape index (κ2) is 9.67. The Morgan fingerprint density at radius 1 is 1.30 bits per heavy atom. The van der Waals surface area contributed by atoms with E-state index in [1.807, 2.05) is 17.5 Å². The molecule has 0 aromatic carbocycles. The van der Waals surface area contributed by atoms with E-state index in [2.05, 4.69) is 22.9 Å². The predicted octanol–water partition coefficient (Wildman–Crippen LogP) is 2.01. The van der Waals surface area contributed by atoms with Crippen molar-refractivity contribution in [2.24, 2.45) is 11.8 Å². The van der Waals surface area contributed by atoms with Crippen molar-refractivity contribution in [2.45, 2.75) is 32.6 Å². The molecule has 0 bridgehead atoms. The second-order valence-electron chi connectivity index (χ2n) is 6.21. The fourth-order valence-corrected chi connectivity index (χ4v) is 3.60. The molecule has 1 aliphatic rings. The lowest BCUT2D eigenvalue weighted by Crippen LogP contribution is -2.34. The maximum atomic E-state index is 12.0. The number of nitrogens with one attached hydrogen (secondary N) is 3. The summed E-state index contributed by atoms with van der Waals surface area (Å²) in [5.41, 5.74) is 0. The SMILES string of the molecule is CC(CC(=O)NCCCNC(=O)c1cccs1)C1CCNCC1. The normalized spacial score (nSPS) is 16.7. The first-order valence-electron chi connectivity index (χ1n) is 8.46. The van der Waals surface area contributed by atoms with Crippen molar-refractivity contribution in [2.75, 3.05) is 26.2 Å². The van der Waals surface area contributed by atoms with Crippen LogP contribution in [-0.2, 0) is 4.79 Å². The van der Waals surface area contributed by atoms with Gasteiger partial charge in [0.2, 0.25) is 5.91 Å². The van der Waals surface area contributed by atoms with E-state index in [4.69, 9.17) is 0 Å². The topological polar surface area (TPSA) is 70.2 Å². The van der Waals surface area contributed by atoms with Crippen LogP contribution in [0.4, 0.5) is 0 Å². The van der Waals surface area contributed by atoms with Crippen LogP contribution in [0.5, 0.6) is 0 Å². The molecule has 1 fully saturated rings. The third-order valence-electron chi connectivity index (χ3n) is 4.40. The molecule has 3 N–H and O–H groups in total. The Balaban J connectivity index is 1.53. The molecule has 1 unspecified atom stereocenters. The van der Waals surface area contributed by atoms with Gasteiger partial charge in [-0.3, -0.25) is 9.59 Å². The minimum absolute atomic E-state index is 0.0362. The molecule has 6 heteroatoms. The van der Waals surface area contributed by atoms with E-state index in [0.29, 0.717) is 31.3 Å². The summed E-state index contributed by atoms with van der Waals surface area (Å²) in [6, 6.07) is 3.67. The molecule has 0 aliphatic carbocycles. The number of carbonyl (C=O) groups excluding carboxylic acids is 2. The number of piperidine rings is 1. The van der Waals surface area contributed by atoms with Gasteiger partial charge in [-0.2, -0.15) is 0 Å². The van der Waals surface area contributed by atoms with Crippen molar-refractivity contribution in [1.82, 2.24) is 16.0 Å².